The number of fused-ring (bicyclic) bond motifs is 5. The van der Waals surface area contributed by atoms with E-state index in [1.54, 1.807) is 12.2 Å². The lowest BCUT2D eigenvalue weighted by atomic mass is 9.46. The first-order valence-corrected chi connectivity index (χ1v) is 9.21. The number of aliphatic carboxylic acids is 1. The number of hydrogen-bond donors (Lipinski definition) is 3. The molecule has 5 heteroatoms. The summed E-state index contributed by atoms with van der Waals surface area (Å²) in [7, 11) is 0. The predicted octanol–water partition coefficient (Wildman–Crippen LogP) is 2.08. The molecule has 7 atom stereocenters. The highest BCUT2D eigenvalue weighted by atomic mass is 16.4. The summed E-state index contributed by atoms with van der Waals surface area (Å²) in [5, 5.41) is 31.6. The molecule has 0 saturated heterocycles. The Kier molecular flexibility index (Phi) is 3.42. The van der Waals surface area contributed by atoms with Crippen molar-refractivity contribution in [3.05, 3.63) is 23.8 Å². The lowest BCUT2D eigenvalue weighted by Gasteiger charge is -2.59. The number of carboxylic acids is 1. The fraction of sp³-hybridized carbons (Fsp3) is 0.700. The second kappa shape index (κ2) is 5.04. The number of hydrogen-bond acceptors (Lipinski definition) is 4. The Morgan fingerprint density at radius 1 is 1.28 bits per heavy atom. The summed E-state index contributed by atoms with van der Waals surface area (Å²) in [6, 6.07) is 0. The van der Waals surface area contributed by atoms with Crippen LogP contribution in [0.15, 0.2) is 23.8 Å². The summed E-state index contributed by atoms with van der Waals surface area (Å²) >= 11 is 0. The van der Waals surface area contributed by atoms with Crippen molar-refractivity contribution in [1.29, 1.82) is 0 Å². The number of carbonyl (C=O) groups is 2. The van der Waals surface area contributed by atoms with E-state index in [0.717, 1.165) is 18.4 Å². The highest BCUT2D eigenvalue weighted by molar-refractivity contribution is 6.01. The number of aliphatic hydroxyl groups is 2. The van der Waals surface area contributed by atoms with Gasteiger partial charge >= 0.3 is 5.97 Å². The van der Waals surface area contributed by atoms with Gasteiger partial charge in [-0.05, 0) is 56.1 Å². The van der Waals surface area contributed by atoms with Crippen molar-refractivity contribution in [2.24, 2.45) is 28.6 Å². The third-order valence-electron chi connectivity index (χ3n) is 8.00. The molecule has 0 aromatic rings. The largest absolute Gasteiger partial charge is 0.479 e. The highest BCUT2D eigenvalue weighted by Gasteiger charge is 2.68. The van der Waals surface area contributed by atoms with Crippen molar-refractivity contribution in [3.63, 3.8) is 0 Å². The lowest BCUT2D eigenvalue weighted by molar-refractivity contribution is -0.192. The minimum atomic E-state index is -1.76. The van der Waals surface area contributed by atoms with Crippen molar-refractivity contribution in [2.45, 2.75) is 57.7 Å². The third kappa shape index (κ3) is 1.97. The summed E-state index contributed by atoms with van der Waals surface area (Å²) in [6.07, 6.45) is 7.37. The van der Waals surface area contributed by atoms with Crippen molar-refractivity contribution in [1.82, 2.24) is 0 Å². The Morgan fingerprint density at radius 2 is 2.00 bits per heavy atom. The SMILES string of the molecule is C[C@]12C=CC(=O)C=C1CC[C@@H]1[C@H]2[C@@H](O)C[C@@]2(C)[C@@H]1CC[C@]2(O)C(=O)O. The fourth-order valence-electron chi connectivity index (χ4n) is 6.68. The van der Waals surface area contributed by atoms with Gasteiger partial charge in [-0.1, -0.05) is 25.5 Å². The van der Waals surface area contributed by atoms with Crippen molar-refractivity contribution < 1.29 is 24.9 Å². The highest BCUT2D eigenvalue weighted by Crippen LogP contribution is 2.66. The van der Waals surface area contributed by atoms with Crippen LogP contribution >= 0.6 is 0 Å². The first-order chi connectivity index (χ1) is 11.6. The van der Waals surface area contributed by atoms with E-state index in [0.29, 0.717) is 6.42 Å². The lowest BCUT2D eigenvalue weighted by Crippen LogP contribution is -2.61. The molecule has 25 heavy (non-hydrogen) atoms. The maximum atomic E-state index is 11.8. The maximum absolute atomic E-state index is 11.8. The van der Waals surface area contributed by atoms with Crippen LogP contribution in [-0.2, 0) is 9.59 Å². The molecular weight excluding hydrogens is 320 g/mol. The fourth-order valence-corrected chi connectivity index (χ4v) is 6.68. The van der Waals surface area contributed by atoms with Gasteiger partial charge in [-0.2, -0.15) is 0 Å². The Bertz CT molecular complexity index is 709. The van der Waals surface area contributed by atoms with Gasteiger partial charge in [0.1, 0.15) is 0 Å². The molecule has 0 spiro atoms. The van der Waals surface area contributed by atoms with Gasteiger partial charge in [0.2, 0.25) is 0 Å². The van der Waals surface area contributed by atoms with Gasteiger partial charge in [-0.25, -0.2) is 4.79 Å². The van der Waals surface area contributed by atoms with E-state index in [4.69, 9.17) is 0 Å². The van der Waals surface area contributed by atoms with Crippen LogP contribution in [0.2, 0.25) is 0 Å². The van der Waals surface area contributed by atoms with Gasteiger partial charge in [-0.3, -0.25) is 4.79 Å². The first kappa shape index (κ1) is 17.0. The van der Waals surface area contributed by atoms with Crippen LogP contribution in [0.1, 0.15) is 46.0 Å². The van der Waals surface area contributed by atoms with E-state index in [9.17, 15) is 24.9 Å². The number of carbonyl (C=O) groups excluding carboxylic acids is 1. The van der Waals surface area contributed by atoms with Crippen molar-refractivity contribution in [3.8, 4) is 0 Å². The Labute approximate surface area is 147 Å². The number of aliphatic hydroxyl groups excluding tert-OH is 1. The molecule has 3 fully saturated rings. The molecule has 5 nitrogen and oxygen atoms in total. The minimum absolute atomic E-state index is 0.00202. The summed E-state index contributed by atoms with van der Waals surface area (Å²) < 4.78 is 0. The summed E-state index contributed by atoms with van der Waals surface area (Å²) in [6.45, 7) is 3.93. The standard InChI is InChI=1S/C20H26O5/c1-18-7-5-12(21)9-11(18)3-4-13-14-6-8-20(25,17(23)24)19(14,2)10-15(22)16(13)18/h5,7,9,13-16,22,25H,3-4,6,8,10H2,1-2H3,(H,23,24)/t13-,14+,15-,16-,18-,19-,20-/m0/s1. The van der Waals surface area contributed by atoms with Gasteiger partial charge in [0.05, 0.1) is 6.10 Å². The molecule has 0 aliphatic heterocycles. The van der Waals surface area contributed by atoms with Crippen LogP contribution in [0.25, 0.3) is 0 Å². The van der Waals surface area contributed by atoms with Crippen molar-refractivity contribution in [2.75, 3.05) is 0 Å². The van der Waals surface area contributed by atoms with E-state index in [1.165, 1.54) is 0 Å². The van der Waals surface area contributed by atoms with Crippen LogP contribution in [0, 0.1) is 28.6 Å². The third-order valence-corrected chi connectivity index (χ3v) is 8.00. The zero-order valence-electron chi connectivity index (χ0n) is 14.7. The molecular formula is C20H26O5. The molecule has 3 N–H and O–H groups in total. The maximum Gasteiger partial charge on any atom is 0.336 e. The zero-order chi connectivity index (χ0) is 18.2. The predicted molar refractivity (Wildman–Crippen MR) is 90.6 cm³/mol. The summed E-state index contributed by atoms with van der Waals surface area (Å²) in [4.78, 5) is 23.6. The molecule has 0 aromatic heterocycles. The van der Waals surface area contributed by atoms with Crippen molar-refractivity contribution >= 4 is 11.8 Å². The van der Waals surface area contributed by atoms with Gasteiger partial charge in [0.15, 0.2) is 11.4 Å². The Hall–Kier alpha value is -1.46. The molecule has 4 aliphatic carbocycles. The van der Waals surface area contributed by atoms with Crippen LogP contribution in [0.4, 0.5) is 0 Å². The summed E-state index contributed by atoms with van der Waals surface area (Å²) in [5.74, 6) is -0.976. The van der Waals surface area contributed by atoms with Crippen LogP contribution in [0.3, 0.4) is 0 Å². The number of rotatable bonds is 1. The zero-order valence-corrected chi connectivity index (χ0v) is 14.7. The Balaban J connectivity index is 1.76. The van der Waals surface area contributed by atoms with E-state index in [1.807, 2.05) is 13.0 Å². The number of carboxylic acid groups (broad SMARTS) is 1. The van der Waals surface area contributed by atoms with Gasteiger partial charge < -0.3 is 15.3 Å². The molecule has 4 rings (SSSR count). The van der Waals surface area contributed by atoms with Crippen LogP contribution in [0.5, 0.6) is 0 Å². The molecule has 0 bridgehead atoms. The number of ketones is 1. The molecule has 0 amide bonds. The summed E-state index contributed by atoms with van der Waals surface area (Å²) in [5.41, 5.74) is -1.86. The monoisotopic (exact) mass is 346 g/mol. The van der Waals surface area contributed by atoms with Gasteiger partial charge in [-0.15, -0.1) is 0 Å². The average molecular weight is 346 g/mol. The van der Waals surface area contributed by atoms with E-state index >= 15 is 0 Å². The molecule has 136 valence electrons. The quantitative estimate of drug-likeness (QED) is 0.676. The second-order valence-electron chi connectivity index (χ2n) is 8.92. The Morgan fingerprint density at radius 3 is 2.68 bits per heavy atom. The first-order valence-electron chi connectivity index (χ1n) is 9.21. The van der Waals surface area contributed by atoms with E-state index in [-0.39, 0.29) is 41.8 Å². The number of allylic oxidation sites excluding steroid dienone is 4. The van der Waals surface area contributed by atoms with E-state index < -0.39 is 23.1 Å². The molecule has 0 aromatic carbocycles. The average Bonchev–Trinajstić information content (AvgIpc) is 2.80. The van der Waals surface area contributed by atoms with Crippen LogP contribution < -0.4 is 0 Å². The van der Waals surface area contributed by atoms with Gasteiger partial charge in [0.25, 0.3) is 0 Å². The molecule has 0 unspecified atom stereocenters. The van der Waals surface area contributed by atoms with E-state index in [2.05, 4.69) is 6.92 Å². The minimum Gasteiger partial charge on any atom is -0.479 e. The smallest absolute Gasteiger partial charge is 0.336 e. The molecule has 0 heterocycles. The molecule has 3 saturated carbocycles. The molecule has 0 radical (unpaired) electrons. The molecule has 4 aliphatic rings. The van der Waals surface area contributed by atoms with Gasteiger partial charge in [0, 0.05) is 16.7 Å². The second-order valence-corrected chi connectivity index (χ2v) is 8.92. The van der Waals surface area contributed by atoms with Crippen LogP contribution in [-0.4, -0.2) is 38.8 Å². The topological polar surface area (TPSA) is 94.8 Å². The normalized spacial score (nSPS) is 51.4.